The Bertz CT molecular complexity index is 572. The van der Waals surface area contributed by atoms with E-state index < -0.39 is 0 Å². The van der Waals surface area contributed by atoms with E-state index in [1.54, 1.807) is 12.1 Å². The van der Waals surface area contributed by atoms with Crippen LogP contribution in [-0.2, 0) is 6.42 Å². The summed E-state index contributed by atoms with van der Waals surface area (Å²) >= 11 is 0. The zero-order valence-corrected chi connectivity index (χ0v) is 12.2. The summed E-state index contributed by atoms with van der Waals surface area (Å²) in [7, 11) is 0. The Morgan fingerprint density at radius 3 is 2.62 bits per heavy atom. The second-order valence-corrected chi connectivity index (χ2v) is 5.87. The molecule has 1 unspecified atom stereocenters. The summed E-state index contributed by atoms with van der Waals surface area (Å²) in [6, 6.07) is 7.50. The number of phenolic OH excluding ortho intramolecular Hbond substituents is 1. The minimum absolute atomic E-state index is 0.168. The van der Waals surface area contributed by atoms with Crippen LogP contribution in [0.3, 0.4) is 0 Å². The third-order valence-corrected chi connectivity index (χ3v) is 4.29. The molecule has 1 atom stereocenters. The summed E-state index contributed by atoms with van der Waals surface area (Å²) < 4.78 is 2.17. The van der Waals surface area contributed by atoms with Crippen molar-refractivity contribution in [2.45, 2.75) is 50.6 Å². The van der Waals surface area contributed by atoms with Crippen molar-refractivity contribution in [3.05, 3.63) is 42.0 Å². The summed E-state index contributed by atoms with van der Waals surface area (Å²) in [4.78, 5) is 0. The standard InChI is InChI=1S/C16H22N4O/c17-15(10-12-6-8-14(21)9-7-12)16-19-18-11-20(16)13-4-2-1-3-5-13/h6-9,11,13,15,21H,1-5,10,17H2. The lowest BCUT2D eigenvalue weighted by molar-refractivity contribution is 0.340. The Labute approximate surface area is 124 Å². The number of nitrogens with two attached hydrogens (primary N) is 1. The molecule has 0 saturated heterocycles. The van der Waals surface area contributed by atoms with E-state index in [4.69, 9.17) is 5.73 Å². The molecule has 1 fully saturated rings. The molecule has 3 rings (SSSR count). The van der Waals surface area contributed by atoms with Crippen molar-refractivity contribution in [1.82, 2.24) is 14.8 Å². The Morgan fingerprint density at radius 2 is 1.90 bits per heavy atom. The fourth-order valence-corrected chi connectivity index (χ4v) is 3.13. The Hall–Kier alpha value is -1.88. The van der Waals surface area contributed by atoms with Gasteiger partial charge in [0, 0.05) is 6.04 Å². The molecule has 0 bridgehead atoms. The number of hydrogen-bond donors (Lipinski definition) is 2. The predicted molar refractivity (Wildman–Crippen MR) is 80.9 cm³/mol. The molecule has 3 N–H and O–H groups in total. The molecular formula is C16H22N4O. The lowest BCUT2D eigenvalue weighted by atomic mass is 9.95. The minimum Gasteiger partial charge on any atom is -0.508 e. The van der Waals surface area contributed by atoms with Gasteiger partial charge in [0.05, 0.1) is 6.04 Å². The summed E-state index contributed by atoms with van der Waals surface area (Å²) in [6.45, 7) is 0. The number of hydrogen-bond acceptors (Lipinski definition) is 4. The van der Waals surface area contributed by atoms with Crippen LogP contribution in [0.5, 0.6) is 5.75 Å². The van der Waals surface area contributed by atoms with Crippen molar-refractivity contribution in [2.75, 3.05) is 0 Å². The average Bonchev–Trinajstić information content (AvgIpc) is 3.00. The fourth-order valence-electron chi connectivity index (χ4n) is 3.13. The van der Waals surface area contributed by atoms with Crippen LogP contribution in [-0.4, -0.2) is 19.9 Å². The number of aromatic nitrogens is 3. The molecule has 0 radical (unpaired) electrons. The first-order chi connectivity index (χ1) is 10.2. The van der Waals surface area contributed by atoms with E-state index >= 15 is 0 Å². The molecule has 1 aliphatic rings. The van der Waals surface area contributed by atoms with E-state index in [1.165, 1.54) is 32.1 Å². The highest BCUT2D eigenvalue weighted by Crippen LogP contribution is 2.30. The smallest absolute Gasteiger partial charge is 0.150 e. The molecule has 5 heteroatoms. The molecule has 112 valence electrons. The van der Waals surface area contributed by atoms with Crippen molar-refractivity contribution in [2.24, 2.45) is 5.73 Å². The number of benzene rings is 1. The summed E-state index contributed by atoms with van der Waals surface area (Å²) in [5.74, 6) is 1.15. The first-order valence-corrected chi connectivity index (χ1v) is 7.67. The van der Waals surface area contributed by atoms with Crippen LogP contribution in [0, 0.1) is 0 Å². The van der Waals surface area contributed by atoms with Gasteiger partial charge in [0.15, 0.2) is 0 Å². The normalized spacial score (nSPS) is 17.8. The number of nitrogens with zero attached hydrogens (tertiary/aromatic N) is 3. The maximum Gasteiger partial charge on any atom is 0.150 e. The van der Waals surface area contributed by atoms with Gasteiger partial charge in [0.1, 0.15) is 17.9 Å². The summed E-state index contributed by atoms with van der Waals surface area (Å²) in [6.07, 6.45) is 8.78. The SMILES string of the molecule is NC(Cc1ccc(O)cc1)c1nncn1C1CCCCC1. The third kappa shape index (κ3) is 3.24. The topological polar surface area (TPSA) is 77.0 Å². The van der Waals surface area contributed by atoms with Crippen LogP contribution in [0.4, 0.5) is 0 Å². The Morgan fingerprint density at radius 1 is 1.19 bits per heavy atom. The summed E-state index contributed by atoms with van der Waals surface area (Å²) in [5, 5.41) is 17.6. The lowest BCUT2D eigenvalue weighted by Gasteiger charge is -2.25. The second-order valence-electron chi connectivity index (χ2n) is 5.87. The van der Waals surface area contributed by atoms with Crippen LogP contribution < -0.4 is 5.73 Å². The van der Waals surface area contributed by atoms with Crippen molar-refractivity contribution in [3.63, 3.8) is 0 Å². The first kappa shape index (κ1) is 14.1. The van der Waals surface area contributed by atoms with E-state index in [0.717, 1.165) is 11.4 Å². The van der Waals surface area contributed by atoms with Crippen molar-refractivity contribution in [3.8, 4) is 5.75 Å². The van der Waals surface area contributed by atoms with Gasteiger partial charge in [-0.2, -0.15) is 0 Å². The van der Waals surface area contributed by atoms with Crippen LogP contribution in [0.2, 0.25) is 0 Å². The number of rotatable bonds is 4. The fraction of sp³-hybridized carbons (Fsp3) is 0.500. The quantitative estimate of drug-likeness (QED) is 0.906. The molecule has 1 aromatic carbocycles. The minimum atomic E-state index is -0.168. The first-order valence-electron chi connectivity index (χ1n) is 7.67. The zero-order valence-electron chi connectivity index (χ0n) is 12.2. The molecule has 1 aromatic heterocycles. The van der Waals surface area contributed by atoms with Crippen LogP contribution in [0.1, 0.15) is 55.6 Å². The molecule has 0 aliphatic heterocycles. The maximum absolute atomic E-state index is 9.33. The molecule has 2 aromatic rings. The van der Waals surface area contributed by atoms with E-state index in [9.17, 15) is 5.11 Å². The Balaban J connectivity index is 1.74. The average molecular weight is 286 g/mol. The predicted octanol–water partition coefficient (Wildman–Crippen LogP) is 2.73. The molecular weight excluding hydrogens is 264 g/mol. The molecule has 1 heterocycles. The monoisotopic (exact) mass is 286 g/mol. The van der Waals surface area contributed by atoms with Crippen molar-refractivity contribution < 1.29 is 5.11 Å². The van der Waals surface area contributed by atoms with Crippen LogP contribution in [0.15, 0.2) is 30.6 Å². The summed E-state index contributed by atoms with van der Waals surface area (Å²) in [5.41, 5.74) is 7.43. The van der Waals surface area contributed by atoms with Gasteiger partial charge in [0.25, 0.3) is 0 Å². The number of phenols is 1. The second kappa shape index (κ2) is 6.26. The largest absolute Gasteiger partial charge is 0.508 e. The van der Waals surface area contributed by atoms with E-state index in [1.807, 2.05) is 18.5 Å². The third-order valence-electron chi connectivity index (χ3n) is 4.29. The molecule has 5 nitrogen and oxygen atoms in total. The van der Waals surface area contributed by atoms with Crippen molar-refractivity contribution >= 4 is 0 Å². The van der Waals surface area contributed by atoms with E-state index in [2.05, 4.69) is 14.8 Å². The van der Waals surface area contributed by atoms with Gasteiger partial charge >= 0.3 is 0 Å². The Kier molecular flexibility index (Phi) is 4.20. The maximum atomic E-state index is 9.33. The number of aromatic hydroxyl groups is 1. The highest BCUT2D eigenvalue weighted by atomic mass is 16.3. The van der Waals surface area contributed by atoms with E-state index in [0.29, 0.717) is 12.5 Å². The molecule has 1 aliphatic carbocycles. The highest BCUT2D eigenvalue weighted by Gasteiger charge is 2.21. The molecule has 1 saturated carbocycles. The van der Waals surface area contributed by atoms with Gasteiger partial charge < -0.3 is 15.4 Å². The van der Waals surface area contributed by atoms with Gasteiger partial charge in [-0.25, -0.2) is 0 Å². The van der Waals surface area contributed by atoms with Gasteiger partial charge in [-0.15, -0.1) is 10.2 Å². The lowest BCUT2D eigenvalue weighted by Crippen LogP contribution is -2.22. The van der Waals surface area contributed by atoms with Crippen LogP contribution >= 0.6 is 0 Å². The van der Waals surface area contributed by atoms with Gasteiger partial charge in [-0.3, -0.25) is 0 Å². The zero-order chi connectivity index (χ0) is 14.7. The van der Waals surface area contributed by atoms with Crippen LogP contribution in [0.25, 0.3) is 0 Å². The van der Waals surface area contributed by atoms with E-state index in [-0.39, 0.29) is 11.8 Å². The van der Waals surface area contributed by atoms with Gasteiger partial charge in [0.2, 0.25) is 0 Å². The van der Waals surface area contributed by atoms with Gasteiger partial charge in [-0.05, 0) is 37.0 Å². The highest BCUT2D eigenvalue weighted by molar-refractivity contribution is 5.26. The molecule has 21 heavy (non-hydrogen) atoms. The molecule has 0 spiro atoms. The van der Waals surface area contributed by atoms with Gasteiger partial charge in [-0.1, -0.05) is 31.4 Å². The van der Waals surface area contributed by atoms with Crippen molar-refractivity contribution in [1.29, 1.82) is 0 Å². The molecule has 0 amide bonds.